The fourth-order valence-electron chi connectivity index (χ4n) is 6.78. The molecular weight excluding hydrogens is 372 g/mol. The number of aliphatic hydroxyl groups is 2. The maximum absolute atomic E-state index is 13.6. The summed E-state index contributed by atoms with van der Waals surface area (Å²) in [5, 5.41) is 22.2. The third-order valence-electron chi connectivity index (χ3n) is 7.70. The summed E-state index contributed by atoms with van der Waals surface area (Å²) in [5.41, 5.74) is -3.61. The van der Waals surface area contributed by atoms with E-state index in [1.165, 1.54) is 13.8 Å². The van der Waals surface area contributed by atoms with E-state index in [9.17, 15) is 24.6 Å². The molecule has 166 valence electrons. The SMILES string of the molecule is CC[C@@H](C)[C@@H]1[C@](C)(C(=O)CCOC(C)=O)[C@H]2[C@H](C)C[C@@](C)(O)C[C@@H]2C(=O)[C@@]1(C)O. The molecule has 0 heterocycles. The average molecular weight is 411 g/mol. The predicted octanol–water partition coefficient (Wildman–Crippen LogP) is 2.92. The Morgan fingerprint density at radius 2 is 1.79 bits per heavy atom. The molecule has 2 fully saturated rings. The second kappa shape index (κ2) is 8.10. The molecular formula is C23H38O6. The van der Waals surface area contributed by atoms with E-state index in [-0.39, 0.29) is 48.8 Å². The summed E-state index contributed by atoms with van der Waals surface area (Å²) < 4.78 is 5.01. The minimum atomic E-state index is -1.66. The Labute approximate surface area is 174 Å². The van der Waals surface area contributed by atoms with Gasteiger partial charge in [-0.3, -0.25) is 14.4 Å². The molecule has 6 nitrogen and oxygen atoms in total. The van der Waals surface area contributed by atoms with Crippen molar-refractivity contribution >= 4 is 17.5 Å². The average Bonchev–Trinajstić information content (AvgIpc) is 2.57. The summed E-state index contributed by atoms with van der Waals surface area (Å²) in [7, 11) is 0. The second-order valence-corrected chi connectivity index (χ2v) is 10.2. The van der Waals surface area contributed by atoms with Gasteiger partial charge in [0.2, 0.25) is 0 Å². The molecule has 2 aliphatic rings. The third-order valence-corrected chi connectivity index (χ3v) is 7.70. The van der Waals surface area contributed by atoms with Gasteiger partial charge in [0, 0.05) is 30.6 Å². The summed E-state index contributed by atoms with van der Waals surface area (Å²) in [5.74, 6) is -2.27. The number of Topliss-reactive ketones (excluding diaryl/α,β-unsaturated/α-hetero) is 2. The van der Waals surface area contributed by atoms with Gasteiger partial charge in [-0.1, -0.05) is 34.1 Å². The first-order valence-corrected chi connectivity index (χ1v) is 10.9. The molecule has 0 amide bonds. The van der Waals surface area contributed by atoms with Crippen LogP contribution in [0.5, 0.6) is 0 Å². The number of hydrogen-bond donors (Lipinski definition) is 2. The molecule has 2 saturated carbocycles. The summed E-state index contributed by atoms with van der Waals surface area (Å²) in [6.45, 7) is 12.4. The van der Waals surface area contributed by atoms with Crippen LogP contribution in [0.1, 0.15) is 74.1 Å². The lowest BCUT2D eigenvalue weighted by Crippen LogP contribution is -2.69. The number of esters is 1. The third kappa shape index (κ3) is 4.15. The topological polar surface area (TPSA) is 101 Å². The van der Waals surface area contributed by atoms with E-state index in [1.807, 2.05) is 27.7 Å². The van der Waals surface area contributed by atoms with E-state index < -0.39 is 34.4 Å². The molecule has 6 heteroatoms. The number of ether oxygens (including phenoxy) is 1. The predicted molar refractivity (Wildman–Crippen MR) is 109 cm³/mol. The van der Waals surface area contributed by atoms with Crippen molar-refractivity contribution in [2.45, 2.75) is 85.4 Å². The lowest BCUT2D eigenvalue weighted by molar-refractivity contribution is -0.205. The molecule has 0 spiro atoms. The largest absolute Gasteiger partial charge is 0.465 e. The van der Waals surface area contributed by atoms with Crippen molar-refractivity contribution in [3.05, 3.63) is 0 Å². The Bertz CT molecular complexity index is 666. The number of ketones is 2. The fraction of sp³-hybridized carbons (Fsp3) is 0.870. The number of fused-ring (bicyclic) bond motifs is 1. The maximum Gasteiger partial charge on any atom is 0.302 e. The van der Waals surface area contributed by atoms with Crippen molar-refractivity contribution in [1.29, 1.82) is 0 Å². The Morgan fingerprint density at radius 1 is 1.21 bits per heavy atom. The molecule has 8 atom stereocenters. The lowest BCUT2D eigenvalue weighted by Gasteiger charge is -2.61. The molecule has 0 radical (unpaired) electrons. The number of rotatable bonds is 6. The first kappa shape index (κ1) is 24.0. The van der Waals surface area contributed by atoms with Crippen LogP contribution >= 0.6 is 0 Å². The van der Waals surface area contributed by atoms with Gasteiger partial charge in [0.15, 0.2) is 5.78 Å². The van der Waals surface area contributed by atoms with Crippen LogP contribution in [-0.2, 0) is 19.1 Å². The summed E-state index contributed by atoms with van der Waals surface area (Å²) in [4.78, 5) is 38.2. The second-order valence-electron chi connectivity index (χ2n) is 10.2. The normalized spacial score (nSPS) is 43.4. The summed E-state index contributed by atoms with van der Waals surface area (Å²) in [6, 6.07) is 0. The molecule has 2 N–H and O–H groups in total. The zero-order valence-electron chi connectivity index (χ0n) is 18.9. The van der Waals surface area contributed by atoms with E-state index in [4.69, 9.17) is 4.74 Å². The first-order valence-electron chi connectivity index (χ1n) is 10.9. The molecule has 0 aromatic heterocycles. The van der Waals surface area contributed by atoms with Gasteiger partial charge in [0.05, 0.1) is 12.2 Å². The summed E-state index contributed by atoms with van der Waals surface area (Å²) in [6.07, 6.45) is 1.53. The Hall–Kier alpha value is -1.27. The Kier molecular flexibility index (Phi) is 6.71. The number of hydrogen-bond acceptors (Lipinski definition) is 6. The molecule has 29 heavy (non-hydrogen) atoms. The lowest BCUT2D eigenvalue weighted by atomic mass is 9.42. The van der Waals surface area contributed by atoms with Crippen molar-refractivity contribution in [3.8, 4) is 0 Å². The van der Waals surface area contributed by atoms with Gasteiger partial charge in [-0.2, -0.15) is 0 Å². The van der Waals surface area contributed by atoms with Crippen LogP contribution in [0.25, 0.3) is 0 Å². The summed E-state index contributed by atoms with van der Waals surface area (Å²) >= 11 is 0. The molecule has 0 aromatic carbocycles. The Morgan fingerprint density at radius 3 is 2.31 bits per heavy atom. The minimum Gasteiger partial charge on any atom is -0.465 e. The number of carbonyl (C=O) groups excluding carboxylic acids is 3. The van der Waals surface area contributed by atoms with Gasteiger partial charge in [-0.05, 0) is 44.4 Å². The molecule has 0 aromatic rings. The van der Waals surface area contributed by atoms with Gasteiger partial charge in [0.25, 0.3) is 0 Å². The van der Waals surface area contributed by atoms with E-state index in [2.05, 4.69) is 0 Å². The van der Waals surface area contributed by atoms with Crippen LogP contribution in [0.3, 0.4) is 0 Å². The minimum absolute atomic E-state index is 0.00342. The van der Waals surface area contributed by atoms with Crippen LogP contribution < -0.4 is 0 Å². The van der Waals surface area contributed by atoms with Crippen LogP contribution in [0.4, 0.5) is 0 Å². The highest BCUT2D eigenvalue weighted by atomic mass is 16.5. The van der Waals surface area contributed by atoms with Gasteiger partial charge < -0.3 is 14.9 Å². The van der Waals surface area contributed by atoms with Crippen LogP contribution in [-0.4, -0.2) is 45.6 Å². The molecule has 0 bridgehead atoms. The van der Waals surface area contributed by atoms with Gasteiger partial charge in [-0.25, -0.2) is 0 Å². The van der Waals surface area contributed by atoms with Crippen molar-refractivity contribution in [2.75, 3.05) is 6.61 Å². The Balaban J connectivity index is 2.57. The molecule has 2 aliphatic carbocycles. The van der Waals surface area contributed by atoms with Crippen LogP contribution in [0, 0.1) is 35.0 Å². The number of carbonyl (C=O) groups is 3. The molecule has 2 rings (SSSR count). The van der Waals surface area contributed by atoms with Crippen LogP contribution in [0.2, 0.25) is 0 Å². The fourth-order valence-corrected chi connectivity index (χ4v) is 6.78. The highest BCUT2D eigenvalue weighted by Crippen LogP contribution is 2.61. The molecule has 0 unspecified atom stereocenters. The van der Waals surface area contributed by atoms with E-state index in [1.54, 1.807) is 6.92 Å². The smallest absolute Gasteiger partial charge is 0.302 e. The van der Waals surface area contributed by atoms with Gasteiger partial charge in [-0.15, -0.1) is 0 Å². The maximum atomic E-state index is 13.6. The van der Waals surface area contributed by atoms with Crippen LogP contribution in [0.15, 0.2) is 0 Å². The van der Waals surface area contributed by atoms with Crippen molar-refractivity contribution in [1.82, 2.24) is 0 Å². The van der Waals surface area contributed by atoms with Gasteiger partial charge in [0.1, 0.15) is 11.4 Å². The standard InChI is InChI=1S/C23H38O6/c1-8-13(2)19-22(6,17(25)9-10-29-15(4)24)18-14(3)11-21(5,27)12-16(18)20(26)23(19,7)28/h13-14,16,18-19,27-28H,8-12H2,1-7H3/t13-,14-,16+,18+,19-,21-,22-,23+/m1/s1. The van der Waals surface area contributed by atoms with Crippen molar-refractivity contribution in [2.24, 2.45) is 35.0 Å². The quantitative estimate of drug-likeness (QED) is 0.653. The van der Waals surface area contributed by atoms with Crippen molar-refractivity contribution in [3.63, 3.8) is 0 Å². The van der Waals surface area contributed by atoms with E-state index >= 15 is 0 Å². The highest BCUT2D eigenvalue weighted by molar-refractivity contribution is 5.95. The van der Waals surface area contributed by atoms with E-state index in [0.29, 0.717) is 6.42 Å². The highest BCUT2D eigenvalue weighted by Gasteiger charge is 2.67. The molecule has 0 aliphatic heterocycles. The van der Waals surface area contributed by atoms with E-state index in [0.717, 1.165) is 6.42 Å². The van der Waals surface area contributed by atoms with Crippen molar-refractivity contribution < 1.29 is 29.3 Å². The molecule has 0 saturated heterocycles. The zero-order valence-corrected chi connectivity index (χ0v) is 18.9. The first-order chi connectivity index (χ1) is 13.2. The zero-order chi connectivity index (χ0) is 22.4. The monoisotopic (exact) mass is 410 g/mol. The van der Waals surface area contributed by atoms with Gasteiger partial charge >= 0.3 is 5.97 Å².